The van der Waals surface area contributed by atoms with E-state index < -0.39 is 6.10 Å². The quantitative estimate of drug-likeness (QED) is 0.807. The zero-order valence-corrected chi connectivity index (χ0v) is 14.7. The minimum atomic E-state index is -0.575. The molecular formula is C19H25N3O3. The molecule has 134 valence electrons. The number of carbonyl (C=O) groups is 1. The topological polar surface area (TPSA) is 67.6 Å². The monoisotopic (exact) mass is 343 g/mol. The molecule has 1 aromatic carbocycles. The number of aromatic nitrogens is 2. The fourth-order valence-electron chi connectivity index (χ4n) is 3.40. The molecule has 2 aromatic rings. The van der Waals surface area contributed by atoms with Crippen molar-refractivity contribution < 1.29 is 14.6 Å². The van der Waals surface area contributed by atoms with Crippen molar-refractivity contribution in [3.05, 3.63) is 54.1 Å². The average Bonchev–Trinajstić information content (AvgIpc) is 3.01. The SMILES string of the molecule is C[C@@H]1CN(C[C@H](O)Cn2ccnc2C(=O)c2ccccc2)C[C@@H](C)O1. The summed E-state index contributed by atoms with van der Waals surface area (Å²) in [4.78, 5) is 19.0. The first-order valence-corrected chi connectivity index (χ1v) is 8.69. The highest BCUT2D eigenvalue weighted by Crippen LogP contribution is 2.13. The molecular weight excluding hydrogens is 318 g/mol. The maximum atomic E-state index is 12.6. The molecule has 1 aromatic heterocycles. The van der Waals surface area contributed by atoms with Gasteiger partial charge in [-0.2, -0.15) is 0 Å². The highest BCUT2D eigenvalue weighted by Gasteiger charge is 2.24. The van der Waals surface area contributed by atoms with E-state index in [-0.39, 0.29) is 18.0 Å². The van der Waals surface area contributed by atoms with Gasteiger partial charge in [0, 0.05) is 37.6 Å². The molecule has 0 saturated carbocycles. The smallest absolute Gasteiger partial charge is 0.228 e. The molecule has 0 spiro atoms. The van der Waals surface area contributed by atoms with E-state index in [1.165, 1.54) is 0 Å². The second-order valence-electron chi connectivity index (χ2n) is 6.73. The van der Waals surface area contributed by atoms with Crippen molar-refractivity contribution in [1.82, 2.24) is 14.5 Å². The van der Waals surface area contributed by atoms with Gasteiger partial charge in [0.1, 0.15) is 0 Å². The van der Waals surface area contributed by atoms with E-state index >= 15 is 0 Å². The van der Waals surface area contributed by atoms with E-state index in [1.807, 2.05) is 32.0 Å². The van der Waals surface area contributed by atoms with Gasteiger partial charge in [0.2, 0.25) is 5.78 Å². The standard InChI is InChI=1S/C19H25N3O3/c1-14-10-21(11-15(2)25-14)12-17(23)13-22-9-8-20-19(22)18(24)16-6-4-3-5-7-16/h3-9,14-15,17,23H,10-13H2,1-2H3/t14-,15-,17+/m1/s1. The van der Waals surface area contributed by atoms with Crippen LogP contribution in [0.1, 0.15) is 30.0 Å². The minimum absolute atomic E-state index is 0.133. The highest BCUT2D eigenvalue weighted by molar-refractivity contribution is 6.06. The van der Waals surface area contributed by atoms with E-state index in [4.69, 9.17) is 4.74 Å². The fraction of sp³-hybridized carbons (Fsp3) is 0.474. The average molecular weight is 343 g/mol. The summed E-state index contributed by atoms with van der Waals surface area (Å²) in [5.74, 6) is 0.223. The van der Waals surface area contributed by atoms with E-state index in [2.05, 4.69) is 9.88 Å². The van der Waals surface area contributed by atoms with Gasteiger partial charge < -0.3 is 14.4 Å². The fourth-order valence-corrected chi connectivity index (χ4v) is 3.40. The number of benzene rings is 1. The van der Waals surface area contributed by atoms with E-state index in [9.17, 15) is 9.90 Å². The molecule has 0 aliphatic carbocycles. The molecule has 1 fully saturated rings. The number of rotatable bonds is 6. The molecule has 3 rings (SSSR count). The predicted molar refractivity (Wildman–Crippen MR) is 94.6 cm³/mol. The number of nitrogens with zero attached hydrogens (tertiary/aromatic N) is 3. The molecule has 0 radical (unpaired) electrons. The molecule has 25 heavy (non-hydrogen) atoms. The van der Waals surface area contributed by atoms with Gasteiger partial charge >= 0.3 is 0 Å². The van der Waals surface area contributed by atoms with Gasteiger partial charge in [-0.25, -0.2) is 4.98 Å². The van der Waals surface area contributed by atoms with Crippen molar-refractivity contribution >= 4 is 5.78 Å². The van der Waals surface area contributed by atoms with Crippen molar-refractivity contribution in [3.8, 4) is 0 Å². The van der Waals surface area contributed by atoms with E-state index in [1.54, 1.807) is 29.1 Å². The van der Waals surface area contributed by atoms with Crippen molar-refractivity contribution in [1.29, 1.82) is 0 Å². The molecule has 0 bridgehead atoms. The van der Waals surface area contributed by atoms with Crippen LogP contribution in [0, 0.1) is 0 Å². The minimum Gasteiger partial charge on any atom is -0.390 e. The Morgan fingerprint density at radius 2 is 1.92 bits per heavy atom. The normalized spacial score (nSPS) is 22.7. The molecule has 3 atom stereocenters. The summed E-state index contributed by atoms with van der Waals surface area (Å²) in [6.45, 7) is 6.59. The first-order valence-electron chi connectivity index (χ1n) is 8.69. The number of ketones is 1. The number of aliphatic hydroxyl groups excluding tert-OH is 1. The summed E-state index contributed by atoms with van der Waals surface area (Å²) in [6.07, 6.45) is 3.10. The summed E-state index contributed by atoms with van der Waals surface area (Å²) in [6, 6.07) is 9.08. The molecule has 2 heterocycles. The summed E-state index contributed by atoms with van der Waals surface area (Å²) in [7, 11) is 0. The Bertz CT molecular complexity index is 691. The Kier molecular flexibility index (Phi) is 5.63. The molecule has 0 unspecified atom stereocenters. The highest BCUT2D eigenvalue weighted by atomic mass is 16.5. The zero-order valence-electron chi connectivity index (χ0n) is 14.7. The van der Waals surface area contributed by atoms with Gasteiger partial charge in [-0.15, -0.1) is 0 Å². The molecule has 0 amide bonds. The zero-order chi connectivity index (χ0) is 17.8. The third kappa shape index (κ3) is 4.54. The van der Waals surface area contributed by atoms with Crippen LogP contribution in [0.4, 0.5) is 0 Å². The molecule has 1 N–H and O–H groups in total. The number of morpholine rings is 1. The van der Waals surface area contributed by atoms with Gasteiger partial charge in [0.15, 0.2) is 5.82 Å². The Morgan fingerprint density at radius 3 is 2.60 bits per heavy atom. The van der Waals surface area contributed by atoms with Crippen LogP contribution in [0.25, 0.3) is 0 Å². The second kappa shape index (κ2) is 7.91. The number of carbonyl (C=O) groups excluding carboxylic acids is 1. The van der Waals surface area contributed by atoms with Crippen LogP contribution in [0.5, 0.6) is 0 Å². The Hall–Kier alpha value is -2.02. The molecule has 6 nitrogen and oxygen atoms in total. The van der Waals surface area contributed by atoms with Gasteiger partial charge in [0.25, 0.3) is 0 Å². The Morgan fingerprint density at radius 1 is 1.24 bits per heavy atom. The van der Waals surface area contributed by atoms with Crippen LogP contribution < -0.4 is 0 Å². The Balaban J connectivity index is 1.64. The maximum absolute atomic E-state index is 12.6. The summed E-state index contributed by atoms with van der Waals surface area (Å²) in [5, 5.41) is 10.5. The third-order valence-electron chi connectivity index (χ3n) is 4.33. The Labute approximate surface area is 148 Å². The van der Waals surface area contributed by atoms with Crippen LogP contribution in [0.15, 0.2) is 42.7 Å². The predicted octanol–water partition coefficient (Wildman–Crippen LogP) is 1.58. The lowest BCUT2D eigenvalue weighted by atomic mass is 10.1. The van der Waals surface area contributed by atoms with Crippen LogP contribution in [0.3, 0.4) is 0 Å². The first-order chi connectivity index (χ1) is 12.0. The maximum Gasteiger partial charge on any atom is 0.228 e. The van der Waals surface area contributed by atoms with Crippen molar-refractivity contribution in [3.63, 3.8) is 0 Å². The van der Waals surface area contributed by atoms with Gasteiger partial charge in [-0.3, -0.25) is 9.69 Å². The van der Waals surface area contributed by atoms with E-state index in [0.29, 0.717) is 24.5 Å². The number of hydrogen-bond donors (Lipinski definition) is 1. The summed E-state index contributed by atoms with van der Waals surface area (Å²) >= 11 is 0. The number of aliphatic hydroxyl groups is 1. The molecule has 6 heteroatoms. The third-order valence-corrected chi connectivity index (χ3v) is 4.33. The van der Waals surface area contributed by atoms with Crippen LogP contribution >= 0.6 is 0 Å². The van der Waals surface area contributed by atoms with Crippen molar-refractivity contribution in [2.75, 3.05) is 19.6 Å². The summed E-state index contributed by atoms with van der Waals surface area (Å²) < 4.78 is 7.45. The van der Waals surface area contributed by atoms with Gasteiger partial charge in [-0.1, -0.05) is 30.3 Å². The lowest BCUT2D eigenvalue weighted by Crippen LogP contribution is -2.48. The largest absolute Gasteiger partial charge is 0.390 e. The number of ether oxygens (including phenoxy) is 1. The molecule has 1 aliphatic heterocycles. The van der Waals surface area contributed by atoms with E-state index in [0.717, 1.165) is 13.1 Å². The van der Waals surface area contributed by atoms with Crippen LogP contribution in [0.2, 0.25) is 0 Å². The lowest BCUT2D eigenvalue weighted by molar-refractivity contribution is -0.0772. The van der Waals surface area contributed by atoms with Crippen molar-refractivity contribution in [2.24, 2.45) is 0 Å². The van der Waals surface area contributed by atoms with Crippen LogP contribution in [-0.4, -0.2) is 63.3 Å². The molecule has 1 aliphatic rings. The van der Waals surface area contributed by atoms with Crippen molar-refractivity contribution in [2.45, 2.75) is 38.7 Å². The first kappa shape index (κ1) is 17.8. The lowest BCUT2D eigenvalue weighted by Gasteiger charge is -2.36. The second-order valence-corrected chi connectivity index (χ2v) is 6.73. The van der Waals surface area contributed by atoms with Gasteiger partial charge in [0.05, 0.1) is 24.9 Å². The number of β-amino-alcohol motifs (C(OH)–C–C–N with tert-alkyl or cyclic N) is 1. The number of hydrogen-bond acceptors (Lipinski definition) is 5. The summed E-state index contributed by atoms with van der Waals surface area (Å²) in [5.41, 5.74) is 0.597. The number of imidazole rings is 1. The van der Waals surface area contributed by atoms with Gasteiger partial charge in [-0.05, 0) is 13.8 Å². The molecule has 1 saturated heterocycles. The van der Waals surface area contributed by atoms with Crippen LogP contribution in [-0.2, 0) is 11.3 Å².